The van der Waals surface area contributed by atoms with Crippen molar-refractivity contribution in [1.82, 2.24) is 15.2 Å². The smallest absolute Gasteiger partial charge is 0.234 e. The molecule has 4 rings (SSSR count). The van der Waals surface area contributed by atoms with E-state index in [1.807, 2.05) is 60.7 Å². The first-order valence-corrected chi connectivity index (χ1v) is 11.6. The van der Waals surface area contributed by atoms with Crippen LogP contribution in [0.25, 0.3) is 22.5 Å². The molecule has 1 amide bonds. The molecule has 34 heavy (non-hydrogen) atoms. The minimum atomic E-state index is -0.262. The Balaban J connectivity index is 1.54. The van der Waals surface area contributed by atoms with Crippen LogP contribution in [-0.4, -0.2) is 41.1 Å². The molecule has 0 saturated carbocycles. The van der Waals surface area contributed by atoms with Crippen molar-refractivity contribution < 1.29 is 14.3 Å². The maximum atomic E-state index is 12.6. The Morgan fingerprint density at radius 3 is 2.12 bits per heavy atom. The zero-order chi connectivity index (χ0) is 23.9. The molecule has 1 aromatic heterocycles. The highest BCUT2D eigenvalue weighted by Crippen LogP contribution is 2.36. The highest BCUT2D eigenvalue weighted by Gasteiger charge is 2.16. The van der Waals surface area contributed by atoms with E-state index in [0.29, 0.717) is 38.8 Å². The Hall–Kier alpha value is -3.62. The number of rotatable bonds is 8. The molecule has 3 aromatic carbocycles. The Morgan fingerprint density at radius 2 is 1.50 bits per heavy atom. The van der Waals surface area contributed by atoms with E-state index < -0.39 is 0 Å². The van der Waals surface area contributed by atoms with Crippen LogP contribution in [0.15, 0.2) is 78.0 Å². The van der Waals surface area contributed by atoms with Crippen LogP contribution in [0, 0.1) is 0 Å². The number of methoxy groups -OCH3 is 2. The minimum absolute atomic E-state index is 0.0768. The van der Waals surface area contributed by atoms with Gasteiger partial charge in [-0.25, -0.2) is 4.98 Å². The number of anilines is 1. The van der Waals surface area contributed by atoms with E-state index in [0.717, 1.165) is 11.1 Å². The van der Waals surface area contributed by atoms with Crippen molar-refractivity contribution in [2.24, 2.45) is 0 Å². The monoisotopic (exact) mass is 492 g/mol. The number of benzene rings is 3. The van der Waals surface area contributed by atoms with Gasteiger partial charge in [-0.3, -0.25) is 4.79 Å². The summed E-state index contributed by atoms with van der Waals surface area (Å²) in [5.41, 5.74) is 3.66. The predicted molar refractivity (Wildman–Crippen MR) is 135 cm³/mol. The Kier molecular flexibility index (Phi) is 7.61. The number of nitrogens with zero attached hydrogens (tertiary/aromatic N) is 3. The first-order chi connectivity index (χ1) is 16.6. The number of ether oxygens (including phenoxy) is 2. The van der Waals surface area contributed by atoms with Crippen molar-refractivity contribution in [3.8, 4) is 34.0 Å². The summed E-state index contributed by atoms with van der Waals surface area (Å²) in [5.74, 6) is 0.711. The third kappa shape index (κ3) is 5.47. The van der Waals surface area contributed by atoms with Gasteiger partial charge in [-0.1, -0.05) is 84.0 Å². The average molecular weight is 493 g/mol. The quantitative estimate of drug-likeness (QED) is 0.320. The number of halogens is 1. The Morgan fingerprint density at radius 1 is 0.882 bits per heavy atom. The standard InChI is InChI=1S/C25H21ClN4O3S/c1-32-20-14-21(33-2)19(13-18(20)26)27-22(31)15-34-25-28-23(16-9-5-3-6-10-16)24(29-30-25)17-11-7-4-8-12-17/h3-14H,15H2,1-2H3,(H,27,31). The average Bonchev–Trinajstić information content (AvgIpc) is 2.88. The van der Waals surface area contributed by atoms with Gasteiger partial charge in [0.05, 0.1) is 30.7 Å². The highest BCUT2D eigenvalue weighted by molar-refractivity contribution is 7.99. The Labute approximate surface area is 206 Å². The van der Waals surface area contributed by atoms with E-state index >= 15 is 0 Å². The van der Waals surface area contributed by atoms with E-state index in [-0.39, 0.29) is 11.7 Å². The fourth-order valence-corrected chi connectivity index (χ4v) is 4.06. The van der Waals surface area contributed by atoms with Crippen molar-refractivity contribution in [3.63, 3.8) is 0 Å². The SMILES string of the molecule is COc1cc(OC)c(NC(=O)CSc2nnc(-c3ccccc3)c(-c3ccccc3)n2)cc1Cl. The van der Waals surface area contributed by atoms with Crippen LogP contribution in [0.2, 0.25) is 5.02 Å². The van der Waals surface area contributed by atoms with Crippen LogP contribution in [0.1, 0.15) is 0 Å². The Bertz CT molecular complexity index is 1290. The van der Waals surface area contributed by atoms with Crippen molar-refractivity contribution in [2.45, 2.75) is 5.16 Å². The maximum Gasteiger partial charge on any atom is 0.234 e. The van der Waals surface area contributed by atoms with Gasteiger partial charge in [-0.2, -0.15) is 0 Å². The van der Waals surface area contributed by atoms with Gasteiger partial charge >= 0.3 is 0 Å². The van der Waals surface area contributed by atoms with Gasteiger partial charge in [0.2, 0.25) is 11.1 Å². The number of carbonyl (C=O) groups is 1. The van der Waals surface area contributed by atoms with E-state index in [2.05, 4.69) is 15.5 Å². The molecule has 1 heterocycles. The lowest BCUT2D eigenvalue weighted by Crippen LogP contribution is -2.15. The van der Waals surface area contributed by atoms with Gasteiger partial charge in [0.25, 0.3) is 0 Å². The maximum absolute atomic E-state index is 12.6. The third-order valence-electron chi connectivity index (χ3n) is 4.84. The summed E-state index contributed by atoms with van der Waals surface area (Å²) in [4.78, 5) is 17.3. The zero-order valence-corrected chi connectivity index (χ0v) is 20.1. The van der Waals surface area contributed by atoms with Crippen LogP contribution >= 0.6 is 23.4 Å². The number of carbonyl (C=O) groups excluding carboxylic acids is 1. The van der Waals surface area contributed by atoms with E-state index in [1.54, 1.807) is 12.1 Å². The number of nitrogens with one attached hydrogen (secondary N) is 1. The number of thioether (sulfide) groups is 1. The summed E-state index contributed by atoms with van der Waals surface area (Å²) in [6.07, 6.45) is 0. The number of hydrogen-bond acceptors (Lipinski definition) is 7. The van der Waals surface area contributed by atoms with Crippen molar-refractivity contribution >= 4 is 35.0 Å². The number of aromatic nitrogens is 3. The van der Waals surface area contributed by atoms with E-state index in [4.69, 9.17) is 26.1 Å². The van der Waals surface area contributed by atoms with Crippen LogP contribution in [0.3, 0.4) is 0 Å². The molecule has 4 aromatic rings. The summed E-state index contributed by atoms with van der Waals surface area (Å²) < 4.78 is 10.5. The molecule has 9 heteroatoms. The topological polar surface area (TPSA) is 86.2 Å². The molecule has 0 aliphatic carbocycles. The molecule has 7 nitrogen and oxygen atoms in total. The molecular formula is C25H21ClN4O3S. The third-order valence-corrected chi connectivity index (χ3v) is 5.98. The van der Waals surface area contributed by atoms with Gasteiger partial charge < -0.3 is 14.8 Å². The van der Waals surface area contributed by atoms with Crippen LogP contribution in [0.5, 0.6) is 11.5 Å². The van der Waals surface area contributed by atoms with E-state index in [1.165, 1.54) is 26.0 Å². The van der Waals surface area contributed by atoms with Crippen molar-refractivity contribution in [2.75, 3.05) is 25.3 Å². The molecular weight excluding hydrogens is 472 g/mol. The first kappa shape index (κ1) is 23.5. The number of hydrogen-bond donors (Lipinski definition) is 1. The molecule has 0 saturated heterocycles. The molecule has 1 N–H and O–H groups in total. The predicted octanol–water partition coefficient (Wildman–Crippen LogP) is 5.61. The lowest BCUT2D eigenvalue weighted by atomic mass is 10.0. The molecule has 0 bridgehead atoms. The molecule has 0 spiro atoms. The van der Waals surface area contributed by atoms with Gasteiger partial charge in [0, 0.05) is 17.2 Å². The normalized spacial score (nSPS) is 10.6. The van der Waals surface area contributed by atoms with E-state index in [9.17, 15) is 4.79 Å². The number of amides is 1. The van der Waals surface area contributed by atoms with Crippen molar-refractivity contribution in [3.05, 3.63) is 77.8 Å². The van der Waals surface area contributed by atoms with Gasteiger partial charge in [-0.15, -0.1) is 10.2 Å². The van der Waals surface area contributed by atoms with Crippen LogP contribution < -0.4 is 14.8 Å². The highest BCUT2D eigenvalue weighted by atomic mass is 35.5. The molecule has 0 radical (unpaired) electrons. The molecule has 0 unspecified atom stereocenters. The van der Waals surface area contributed by atoms with Crippen LogP contribution in [0.4, 0.5) is 5.69 Å². The summed E-state index contributed by atoms with van der Waals surface area (Å²) in [6.45, 7) is 0. The molecule has 0 atom stereocenters. The summed E-state index contributed by atoms with van der Waals surface area (Å²) >= 11 is 7.38. The summed E-state index contributed by atoms with van der Waals surface area (Å²) in [6, 6.07) is 22.7. The second kappa shape index (κ2) is 11.0. The van der Waals surface area contributed by atoms with Crippen LogP contribution in [-0.2, 0) is 4.79 Å². The first-order valence-electron chi connectivity index (χ1n) is 10.3. The second-order valence-electron chi connectivity index (χ2n) is 7.05. The lowest BCUT2D eigenvalue weighted by Gasteiger charge is -2.13. The fourth-order valence-electron chi connectivity index (χ4n) is 3.23. The largest absolute Gasteiger partial charge is 0.495 e. The summed E-state index contributed by atoms with van der Waals surface area (Å²) in [7, 11) is 3.02. The van der Waals surface area contributed by atoms with Gasteiger partial charge in [0.1, 0.15) is 22.9 Å². The molecule has 0 aliphatic heterocycles. The second-order valence-corrected chi connectivity index (χ2v) is 8.40. The van der Waals surface area contributed by atoms with Crippen molar-refractivity contribution in [1.29, 1.82) is 0 Å². The molecule has 172 valence electrons. The fraction of sp³-hybridized carbons (Fsp3) is 0.120. The summed E-state index contributed by atoms with van der Waals surface area (Å²) in [5, 5.41) is 12.2. The van der Waals surface area contributed by atoms with Gasteiger partial charge in [-0.05, 0) is 6.07 Å². The molecule has 0 aliphatic rings. The van der Waals surface area contributed by atoms with Gasteiger partial charge in [0.15, 0.2) is 0 Å². The molecule has 0 fully saturated rings. The zero-order valence-electron chi connectivity index (χ0n) is 18.5. The lowest BCUT2D eigenvalue weighted by molar-refractivity contribution is -0.113. The minimum Gasteiger partial charge on any atom is -0.495 e.